The number of hydrogen-bond donors (Lipinski definition) is 2. The van der Waals surface area contributed by atoms with Gasteiger partial charge in [0.1, 0.15) is 17.1 Å². The van der Waals surface area contributed by atoms with E-state index < -0.39 is 0 Å². The number of thioether (sulfide) groups is 1. The minimum atomic E-state index is -0.327. The molecular formula is C24H20N4O2S. The number of aromatic hydroxyl groups is 1. The Balaban J connectivity index is 1.66. The number of phenolic OH excluding ortho intramolecular Hbond substituents is 1. The van der Waals surface area contributed by atoms with E-state index in [9.17, 15) is 9.90 Å². The van der Waals surface area contributed by atoms with Crippen LogP contribution < -0.4 is 0 Å². The van der Waals surface area contributed by atoms with Gasteiger partial charge in [0.2, 0.25) is 0 Å². The standard InChI is InChI=1S/C24H20N4O2S/c1-31-17-10-8-16(9-11-17)23-20-21(18-6-2-3-7-19(18)29)26-27-22(20)24(30)28(23)14-15-5-4-12-25-13-15/h2-13,23,29H,14H2,1H3,(H,26,27)/t23-/m1/s1. The van der Waals surface area contributed by atoms with E-state index >= 15 is 0 Å². The van der Waals surface area contributed by atoms with Gasteiger partial charge in [-0.2, -0.15) is 5.10 Å². The van der Waals surface area contributed by atoms with E-state index in [0.717, 1.165) is 21.6 Å². The van der Waals surface area contributed by atoms with Crippen molar-refractivity contribution in [1.82, 2.24) is 20.1 Å². The number of hydrogen-bond acceptors (Lipinski definition) is 5. The van der Waals surface area contributed by atoms with Gasteiger partial charge in [-0.25, -0.2) is 0 Å². The number of aromatic amines is 1. The predicted molar refractivity (Wildman–Crippen MR) is 120 cm³/mol. The smallest absolute Gasteiger partial charge is 0.273 e. The fraction of sp³-hybridized carbons (Fsp3) is 0.125. The first-order chi connectivity index (χ1) is 15.2. The second-order valence-electron chi connectivity index (χ2n) is 7.35. The number of para-hydroxylation sites is 1. The van der Waals surface area contributed by atoms with Crippen molar-refractivity contribution < 1.29 is 9.90 Å². The van der Waals surface area contributed by atoms with E-state index in [4.69, 9.17) is 0 Å². The number of amides is 1. The Kier molecular flexibility index (Phi) is 4.95. The van der Waals surface area contributed by atoms with Gasteiger partial charge in [0, 0.05) is 35.0 Å². The van der Waals surface area contributed by atoms with E-state index in [2.05, 4.69) is 39.4 Å². The third-order valence-electron chi connectivity index (χ3n) is 5.53. The molecule has 6 nitrogen and oxygen atoms in total. The number of nitrogens with zero attached hydrogens (tertiary/aromatic N) is 3. The molecule has 0 spiro atoms. The normalized spacial score (nSPS) is 15.3. The number of pyridine rings is 1. The van der Waals surface area contributed by atoms with Crippen LogP contribution in [0.3, 0.4) is 0 Å². The number of nitrogens with one attached hydrogen (secondary N) is 1. The summed E-state index contributed by atoms with van der Waals surface area (Å²) in [5.74, 6) is 0.0124. The number of H-pyrrole nitrogens is 1. The molecule has 1 aliphatic rings. The first-order valence-corrected chi connectivity index (χ1v) is 11.1. The lowest BCUT2D eigenvalue weighted by Gasteiger charge is -2.26. The van der Waals surface area contributed by atoms with Gasteiger partial charge in [-0.1, -0.05) is 30.3 Å². The number of fused-ring (bicyclic) bond motifs is 1. The maximum atomic E-state index is 13.4. The van der Waals surface area contributed by atoms with E-state index in [0.29, 0.717) is 23.5 Å². The second kappa shape index (κ2) is 7.92. The molecular weight excluding hydrogens is 408 g/mol. The molecule has 31 heavy (non-hydrogen) atoms. The summed E-state index contributed by atoms with van der Waals surface area (Å²) in [6.45, 7) is 0.421. The Labute approximate surface area is 184 Å². The number of aromatic nitrogens is 3. The van der Waals surface area contributed by atoms with Crippen molar-refractivity contribution in [1.29, 1.82) is 0 Å². The molecule has 2 aromatic carbocycles. The van der Waals surface area contributed by atoms with Crippen molar-refractivity contribution in [2.75, 3.05) is 6.26 Å². The van der Waals surface area contributed by atoms with Crippen molar-refractivity contribution in [2.24, 2.45) is 0 Å². The highest BCUT2D eigenvalue weighted by Gasteiger charge is 2.42. The maximum absolute atomic E-state index is 13.4. The summed E-state index contributed by atoms with van der Waals surface area (Å²) < 4.78 is 0. The largest absolute Gasteiger partial charge is 0.507 e. The number of carbonyl (C=O) groups excluding carboxylic acids is 1. The van der Waals surface area contributed by atoms with Crippen LogP contribution in [0.2, 0.25) is 0 Å². The van der Waals surface area contributed by atoms with Gasteiger partial charge in [-0.05, 0) is 47.7 Å². The molecule has 5 rings (SSSR count). The molecule has 0 saturated heterocycles. The van der Waals surface area contributed by atoms with Crippen molar-refractivity contribution in [2.45, 2.75) is 17.5 Å². The molecule has 0 fully saturated rings. The fourth-order valence-electron chi connectivity index (χ4n) is 4.06. The minimum absolute atomic E-state index is 0.119. The highest BCUT2D eigenvalue weighted by atomic mass is 32.2. The molecule has 0 aliphatic carbocycles. The average molecular weight is 429 g/mol. The Morgan fingerprint density at radius 1 is 1.10 bits per heavy atom. The Hall–Kier alpha value is -3.58. The molecule has 4 aromatic rings. The predicted octanol–water partition coefficient (Wildman–Crippen LogP) is 4.64. The first kappa shape index (κ1) is 19.4. The summed E-state index contributed by atoms with van der Waals surface area (Å²) in [5, 5.41) is 17.8. The van der Waals surface area contributed by atoms with Crippen LogP contribution in [0.4, 0.5) is 0 Å². The van der Waals surface area contributed by atoms with Crippen molar-refractivity contribution >= 4 is 17.7 Å². The van der Waals surface area contributed by atoms with Crippen LogP contribution in [0, 0.1) is 0 Å². The molecule has 2 N–H and O–H groups in total. The molecule has 7 heteroatoms. The lowest BCUT2D eigenvalue weighted by molar-refractivity contribution is 0.0730. The van der Waals surface area contributed by atoms with Crippen LogP contribution in [0.25, 0.3) is 11.3 Å². The molecule has 0 radical (unpaired) electrons. The lowest BCUT2D eigenvalue weighted by Crippen LogP contribution is -2.29. The van der Waals surface area contributed by atoms with E-state index in [-0.39, 0.29) is 17.7 Å². The topological polar surface area (TPSA) is 82.1 Å². The Morgan fingerprint density at radius 2 is 1.90 bits per heavy atom. The van der Waals surface area contributed by atoms with Gasteiger partial charge in [0.15, 0.2) is 0 Å². The summed E-state index contributed by atoms with van der Waals surface area (Å²) in [7, 11) is 0. The van der Waals surface area contributed by atoms with Gasteiger partial charge in [0.05, 0.1) is 6.04 Å². The molecule has 3 heterocycles. The molecule has 1 atom stereocenters. The van der Waals surface area contributed by atoms with Gasteiger partial charge < -0.3 is 10.0 Å². The van der Waals surface area contributed by atoms with Crippen LogP contribution in [-0.2, 0) is 6.54 Å². The Morgan fingerprint density at radius 3 is 2.61 bits per heavy atom. The zero-order chi connectivity index (χ0) is 21.4. The van der Waals surface area contributed by atoms with Gasteiger partial charge in [-0.15, -0.1) is 11.8 Å². The molecule has 0 unspecified atom stereocenters. The molecule has 1 aliphatic heterocycles. The quantitative estimate of drug-likeness (QED) is 0.453. The van der Waals surface area contributed by atoms with Crippen LogP contribution in [0.15, 0.2) is 78.0 Å². The summed E-state index contributed by atoms with van der Waals surface area (Å²) >= 11 is 1.67. The fourth-order valence-corrected chi connectivity index (χ4v) is 4.47. The van der Waals surface area contributed by atoms with Crippen LogP contribution >= 0.6 is 11.8 Å². The van der Waals surface area contributed by atoms with Crippen LogP contribution in [-0.4, -0.2) is 37.4 Å². The minimum Gasteiger partial charge on any atom is -0.507 e. The third-order valence-corrected chi connectivity index (χ3v) is 6.27. The number of benzene rings is 2. The van der Waals surface area contributed by atoms with Gasteiger partial charge in [-0.3, -0.25) is 14.9 Å². The second-order valence-corrected chi connectivity index (χ2v) is 8.23. The number of phenols is 1. The number of carbonyl (C=O) groups is 1. The molecule has 2 aromatic heterocycles. The van der Waals surface area contributed by atoms with Crippen molar-refractivity contribution in [3.63, 3.8) is 0 Å². The van der Waals surface area contributed by atoms with E-state index in [1.165, 1.54) is 0 Å². The maximum Gasteiger partial charge on any atom is 0.273 e. The average Bonchev–Trinajstić information content (AvgIpc) is 3.34. The summed E-state index contributed by atoms with van der Waals surface area (Å²) in [6.07, 6.45) is 5.53. The molecule has 1 amide bonds. The van der Waals surface area contributed by atoms with Crippen LogP contribution in [0.1, 0.15) is 33.2 Å². The number of rotatable bonds is 5. The SMILES string of the molecule is CSc1ccc([C@@H]2c3c(-c4ccccc4O)n[nH]c3C(=O)N2Cc2cccnc2)cc1. The van der Waals surface area contributed by atoms with Crippen molar-refractivity contribution in [3.05, 3.63) is 95.4 Å². The molecule has 0 saturated carbocycles. The molecule has 154 valence electrons. The monoisotopic (exact) mass is 428 g/mol. The lowest BCUT2D eigenvalue weighted by atomic mass is 9.95. The van der Waals surface area contributed by atoms with Gasteiger partial charge in [0.25, 0.3) is 5.91 Å². The van der Waals surface area contributed by atoms with Crippen LogP contribution in [0.5, 0.6) is 5.75 Å². The van der Waals surface area contributed by atoms with E-state index in [1.807, 2.05) is 35.4 Å². The summed E-state index contributed by atoms with van der Waals surface area (Å²) in [4.78, 5) is 20.6. The zero-order valence-corrected chi connectivity index (χ0v) is 17.6. The highest BCUT2D eigenvalue weighted by Crippen LogP contribution is 2.45. The van der Waals surface area contributed by atoms with Crippen molar-refractivity contribution in [3.8, 4) is 17.0 Å². The summed E-state index contributed by atoms with van der Waals surface area (Å²) in [5.41, 5.74) is 4.37. The summed E-state index contributed by atoms with van der Waals surface area (Å²) in [6, 6.07) is 18.8. The Bertz CT molecular complexity index is 1240. The highest BCUT2D eigenvalue weighted by molar-refractivity contribution is 7.98. The first-order valence-electron chi connectivity index (χ1n) is 9.88. The zero-order valence-electron chi connectivity index (χ0n) is 16.8. The van der Waals surface area contributed by atoms with Gasteiger partial charge >= 0.3 is 0 Å². The molecule has 0 bridgehead atoms. The third kappa shape index (κ3) is 3.37. The van der Waals surface area contributed by atoms with E-state index in [1.54, 1.807) is 36.3 Å².